The number of hydrogen-bond donors (Lipinski definition) is 5. The van der Waals surface area contributed by atoms with Gasteiger partial charge in [0.25, 0.3) is 5.69 Å². The van der Waals surface area contributed by atoms with Crippen molar-refractivity contribution >= 4 is 27.3 Å². The fourth-order valence-corrected chi connectivity index (χ4v) is 4.26. The standard InChI is InChI=1S/C21H25N3O10S/c1-11(26)22-18-20(28)19(27)16(10-25)34-21(18)33-15-8-4-7-14(24(29)30)17(15)12-5-3-6-13(9-12)23-35(2,31)32/h3-9,16,18-21,23,25,27-28H,10H2,1-2H3,(H,22,26)/t16-,18-,19+,20-,21-/m1/s1. The molecule has 14 heteroatoms. The van der Waals surface area contributed by atoms with Crippen LogP contribution < -0.4 is 14.8 Å². The van der Waals surface area contributed by atoms with Crippen LogP contribution in [0, 0.1) is 10.1 Å². The molecule has 0 spiro atoms. The number of aliphatic hydroxyl groups is 3. The zero-order valence-electron chi connectivity index (χ0n) is 18.7. The Morgan fingerprint density at radius 1 is 1.20 bits per heavy atom. The van der Waals surface area contributed by atoms with Gasteiger partial charge < -0.3 is 30.1 Å². The summed E-state index contributed by atoms with van der Waals surface area (Å²) >= 11 is 0. The van der Waals surface area contributed by atoms with Crippen LogP contribution in [0.5, 0.6) is 5.75 Å². The average molecular weight is 512 g/mol. The molecule has 0 aromatic heterocycles. The van der Waals surface area contributed by atoms with Crippen LogP contribution in [0.2, 0.25) is 0 Å². The molecule has 1 amide bonds. The highest BCUT2D eigenvalue weighted by Gasteiger charge is 2.46. The lowest BCUT2D eigenvalue weighted by Gasteiger charge is -2.42. The number of aliphatic hydroxyl groups excluding tert-OH is 3. The minimum Gasteiger partial charge on any atom is -0.462 e. The van der Waals surface area contributed by atoms with Crippen molar-refractivity contribution < 1.29 is 42.9 Å². The Kier molecular flexibility index (Phi) is 7.92. The summed E-state index contributed by atoms with van der Waals surface area (Å²) in [5.74, 6) is -0.656. The molecule has 2 aromatic carbocycles. The van der Waals surface area contributed by atoms with Crippen molar-refractivity contribution in [3.63, 3.8) is 0 Å². The van der Waals surface area contributed by atoms with Gasteiger partial charge in [0.2, 0.25) is 22.2 Å². The molecule has 5 N–H and O–H groups in total. The number of nitro benzene ring substituents is 1. The maximum atomic E-state index is 11.8. The molecule has 1 aliphatic rings. The van der Waals surface area contributed by atoms with E-state index in [1.165, 1.54) is 49.4 Å². The lowest BCUT2D eigenvalue weighted by atomic mass is 9.96. The van der Waals surface area contributed by atoms with Gasteiger partial charge in [-0.3, -0.25) is 19.6 Å². The molecule has 0 aliphatic carbocycles. The number of benzene rings is 2. The molecular formula is C21H25N3O10S. The van der Waals surface area contributed by atoms with Crippen LogP contribution in [0.15, 0.2) is 42.5 Å². The van der Waals surface area contributed by atoms with Crippen LogP contribution in [-0.4, -0.2) is 78.1 Å². The average Bonchev–Trinajstić information content (AvgIpc) is 2.77. The minimum atomic E-state index is -3.63. The highest BCUT2D eigenvalue weighted by molar-refractivity contribution is 7.92. The predicted octanol–water partition coefficient (Wildman–Crippen LogP) is -0.0442. The van der Waals surface area contributed by atoms with E-state index >= 15 is 0 Å². The van der Waals surface area contributed by atoms with Gasteiger partial charge in [-0.25, -0.2) is 8.42 Å². The largest absolute Gasteiger partial charge is 0.462 e. The number of hydrogen-bond acceptors (Lipinski definition) is 10. The number of sulfonamides is 1. The first kappa shape index (κ1) is 26.3. The molecule has 190 valence electrons. The Morgan fingerprint density at radius 2 is 1.89 bits per heavy atom. The molecule has 3 rings (SSSR count). The quantitative estimate of drug-likeness (QED) is 0.237. The zero-order valence-corrected chi connectivity index (χ0v) is 19.5. The SMILES string of the molecule is CC(=O)N[C@H]1[C@H](Oc2cccc([N+](=O)[O-])c2-c2cccc(NS(C)(=O)=O)c2)O[C@H](CO)[C@H](O)[C@@H]1O. The molecular weight excluding hydrogens is 486 g/mol. The van der Waals surface area contributed by atoms with Gasteiger partial charge in [-0.1, -0.05) is 18.2 Å². The molecule has 1 aliphatic heterocycles. The molecule has 1 saturated heterocycles. The summed E-state index contributed by atoms with van der Waals surface area (Å²) in [6.45, 7) is 0.499. The number of rotatable bonds is 8. The van der Waals surface area contributed by atoms with E-state index < -0.39 is 58.1 Å². The highest BCUT2D eigenvalue weighted by atomic mass is 32.2. The smallest absolute Gasteiger partial charge is 0.280 e. The number of carbonyl (C=O) groups is 1. The molecule has 35 heavy (non-hydrogen) atoms. The van der Waals surface area contributed by atoms with Crippen LogP contribution in [0.4, 0.5) is 11.4 Å². The van der Waals surface area contributed by atoms with Crippen molar-refractivity contribution in [3.8, 4) is 16.9 Å². The highest BCUT2D eigenvalue weighted by Crippen LogP contribution is 2.40. The molecule has 1 heterocycles. The number of carbonyl (C=O) groups excluding carboxylic acids is 1. The van der Waals surface area contributed by atoms with E-state index in [1.807, 2.05) is 0 Å². The van der Waals surface area contributed by atoms with Crippen LogP contribution in [0.3, 0.4) is 0 Å². The number of nitrogens with one attached hydrogen (secondary N) is 2. The first-order valence-corrected chi connectivity index (χ1v) is 12.2. The third kappa shape index (κ3) is 6.23. The zero-order chi connectivity index (χ0) is 25.9. The maximum absolute atomic E-state index is 11.8. The van der Waals surface area contributed by atoms with Crippen molar-refractivity contribution in [3.05, 3.63) is 52.6 Å². The first-order valence-electron chi connectivity index (χ1n) is 10.3. The molecule has 0 bridgehead atoms. The topological polar surface area (TPSA) is 198 Å². The number of amides is 1. The lowest BCUT2D eigenvalue weighted by Crippen LogP contribution is -2.65. The summed E-state index contributed by atoms with van der Waals surface area (Å²) in [7, 11) is -3.63. The monoisotopic (exact) mass is 511 g/mol. The third-order valence-electron chi connectivity index (χ3n) is 5.15. The summed E-state index contributed by atoms with van der Waals surface area (Å²) < 4.78 is 37.0. The number of nitrogens with zero attached hydrogens (tertiary/aromatic N) is 1. The van der Waals surface area contributed by atoms with E-state index in [0.29, 0.717) is 0 Å². The Morgan fingerprint density at radius 3 is 2.49 bits per heavy atom. The fourth-order valence-electron chi connectivity index (χ4n) is 3.71. The second kappa shape index (κ2) is 10.5. The maximum Gasteiger partial charge on any atom is 0.280 e. The van der Waals surface area contributed by atoms with Crippen LogP contribution >= 0.6 is 0 Å². The Bertz CT molecular complexity index is 1210. The Hall–Kier alpha value is -3.30. The van der Waals surface area contributed by atoms with E-state index in [4.69, 9.17) is 9.47 Å². The molecule has 2 aromatic rings. The molecule has 13 nitrogen and oxygen atoms in total. The van der Waals surface area contributed by atoms with Crippen molar-refractivity contribution in [2.24, 2.45) is 0 Å². The van der Waals surface area contributed by atoms with Crippen molar-refractivity contribution in [1.82, 2.24) is 5.32 Å². The van der Waals surface area contributed by atoms with Gasteiger partial charge >= 0.3 is 0 Å². The van der Waals surface area contributed by atoms with Gasteiger partial charge in [0.1, 0.15) is 35.7 Å². The van der Waals surface area contributed by atoms with Crippen LogP contribution in [-0.2, 0) is 19.6 Å². The normalized spacial score (nSPS) is 24.4. The van der Waals surface area contributed by atoms with Crippen molar-refractivity contribution in [2.45, 2.75) is 37.6 Å². The van der Waals surface area contributed by atoms with Gasteiger partial charge in [-0.15, -0.1) is 0 Å². The van der Waals surface area contributed by atoms with E-state index in [0.717, 1.165) is 6.26 Å². The lowest BCUT2D eigenvalue weighted by molar-refractivity contribution is -0.384. The van der Waals surface area contributed by atoms with Gasteiger partial charge in [-0.2, -0.15) is 0 Å². The van der Waals surface area contributed by atoms with E-state index in [9.17, 15) is 38.6 Å². The summed E-state index contributed by atoms with van der Waals surface area (Å²) in [4.78, 5) is 22.8. The second-order valence-electron chi connectivity index (χ2n) is 7.91. The van der Waals surface area contributed by atoms with Gasteiger partial charge in [-0.05, 0) is 23.8 Å². The van der Waals surface area contributed by atoms with Gasteiger partial charge in [0.15, 0.2) is 0 Å². The molecule has 5 atom stereocenters. The Balaban J connectivity index is 2.09. The number of nitro groups is 1. The van der Waals surface area contributed by atoms with Crippen LogP contribution in [0.25, 0.3) is 11.1 Å². The molecule has 0 radical (unpaired) electrons. The summed E-state index contributed by atoms with van der Waals surface area (Å²) in [6, 6.07) is 8.50. The summed E-state index contributed by atoms with van der Waals surface area (Å²) in [6.07, 6.45) is -4.88. The fraction of sp³-hybridized carbons (Fsp3) is 0.381. The van der Waals surface area contributed by atoms with Crippen molar-refractivity contribution in [1.29, 1.82) is 0 Å². The summed E-state index contributed by atoms with van der Waals surface area (Å²) in [5.41, 5.74) is -0.0173. The number of anilines is 1. The van der Waals surface area contributed by atoms with Gasteiger partial charge in [0.05, 0.1) is 17.8 Å². The Labute approximate surface area is 200 Å². The third-order valence-corrected chi connectivity index (χ3v) is 5.76. The van der Waals surface area contributed by atoms with Crippen molar-refractivity contribution in [2.75, 3.05) is 17.6 Å². The second-order valence-corrected chi connectivity index (χ2v) is 9.66. The number of ether oxygens (including phenoxy) is 2. The van der Waals surface area contributed by atoms with Gasteiger partial charge in [0, 0.05) is 18.7 Å². The van der Waals surface area contributed by atoms with E-state index in [2.05, 4.69) is 10.0 Å². The first-order chi connectivity index (χ1) is 16.4. The van der Waals surface area contributed by atoms with E-state index in [1.54, 1.807) is 0 Å². The van der Waals surface area contributed by atoms with Crippen LogP contribution in [0.1, 0.15) is 6.92 Å². The molecule has 0 unspecified atom stereocenters. The minimum absolute atomic E-state index is 0.0269. The summed E-state index contributed by atoms with van der Waals surface area (Å²) in [5, 5.41) is 44.4. The molecule has 1 fully saturated rings. The van der Waals surface area contributed by atoms with E-state index in [-0.39, 0.29) is 28.3 Å². The molecule has 0 saturated carbocycles. The predicted molar refractivity (Wildman–Crippen MR) is 123 cm³/mol.